The monoisotopic (exact) mass is 350 g/mol. The number of halogens is 4. The zero-order chi connectivity index (χ0) is 17.4. The summed E-state index contributed by atoms with van der Waals surface area (Å²) >= 11 is 0. The van der Waals surface area contributed by atoms with Crippen LogP contribution in [0.3, 0.4) is 0 Å². The molecule has 0 atom stereocenters. The van der Waals surface area contributed by atoms with Gasteiger partial charge >= 0.3 is 0 Å². The molecule has 2 N–H and O–H groups in total. The van der Waals surface area contributed by atoms with Crippen LogP contribution in [0.2, 0.25) is 0 Å². The van der Waals surface area contributed by atoms with Crippen LogP contribution < -0.4 is 0 Å². The van der Waals surface area contributed by atoms with Crippen molar-refractivity contribution in [3.8, 4) is 0 Å². The van der Waals surface area contributed by atoms with Gasteiger partial charge in [0.1, 0.15) is 0 Å². The molecule has 0 rings (SSSR count). The van der Waals surface area contributed by atoms with Gasteiger partial charge in [0.15, 0.2) is 0 Å². The number of rotatable bonds is 10. The number of aliphatic hydroxyl groups excluding tert-OH is 1. The molecule has 0 radical (unpaired) electrons. The lowest BCUT2D eigenvalue weighted by Gasteiger charge is -1.96. The number of allylic oxidation sites excluding steroid dienone is 2. The van der Waals surface area contributed by atoms with Crippen LogP contribution in [0.1, 0.15) is 44.9 Å². The van der Waals surface area contributed by atoms with Crippen LogP contribution in [0.4, 0.5) is 17.6 Å². The summed E-state index contributed by atoms with van der Waals surface area (Å²) in [5, 5.41) is 8.22. The zero-order valence-corrected chi connectivity index (χ0v) is 13.0. The maximum absolute atomic E-state index is 11.5. The van der Waals surface area contributed by atoms with Gasteiger partial charge in [-0.25, -0.2) is 0 Å². The van der Waals surface area contributed by atoms with E-state index in [0.29, 0.717) is 38.5 Å². The fourth-order valence-corrected chi connectivity index (χ4v) is 1.85. The van der Waals surface area contributed by atoms with Gasteiger partial charge in [0.2, 0.25) is 0 Å². The number of hydrogen-bond acceptors (Lipinski definition) is 3. The Morgan fingerprint density at radius 2 is 1.27 bits per heavy atom. The smallest absolute Gasteiger partial charge is 0.266 e. The standard InChI is InChI=1S/C7H12F2O3S.C6H10F2O/c8-7(9)5-3-1-2-4-6-13(10,11)12;7-6(8)4-2-1-3-5-9/h5H,1-4,6H2,(H,10,11,12);4,9H,1-3,5H2. The molecule has 132 valence electrons. The second-order valence-corrected chi connectivity index (χ2v) is 5.91. The first-order valence-corrected chi connectivity index (χ1v) is 8.38. The highest BCUT2D eigenvalue weighted by molar-refractivity contribution is 7.85. The lowest BCUT2D eigenvalue weighted by molar-refractivity contribution is 0.284. The van der Waals surface area contributed by atoms with Crippen molar-refractivity contribution in [3.05, 3.63) is 24.3 Å². The van der Waals surface area contributed by atoms with Crippen LogP contribution in [-0.4, -0.2) is 30.4 Å². The normalized spacial score (nSPS) is 10.5. The van der Waals surface area contributed by atoms with Crippen LogP contribution >= 0.6 is 0 Å². The van der Waals surface area contributed by atoms with Gasteiger partial charge in [-0.05, 0) is 50.7 Å². The van der Waals surface area contributed by atoms with Gasteiger partial charge in [0, 0.05) is 6.61 Å². The Morgan fingerprint density at radius 1 is 0.818 bits per heavy atom. The third kappa shape index (κ3) is 27.4. The fourth-order valence-electron chi connectivity index (χ4n) is 1.28. The Bertz CT molecular complexity index is 414. The van der Waals surface area contributed by atoms with Crippen LogP contribution in [0.25, 0.3) is 0 Å². The number of hydrogen-bond donors (Lipinski definition) is 2. The average molecular weight is 350 g/mol. The molecule has 9 heteroatoms. The van der Waals surface area contributed by atoms with Crippen molar-refractivity contribution >= 4 is 10.1 Å². The van der Waals surface area contributed by atoms with Gasteiger partial charge in [-0.1, -0.05) is 6.42 Å². The quantitative estimate of drug-likeness (QED) is 0.353. The summed E-state index contributed by atoms with van der Waals surface area (Å²) in [6, 6.07) is 0. The first-order valence-electron chi connectivity index (χ1n) is 6.77. The maximum atomic E-state index is 11.5. The lowest BCUT2D eigenvalue weighted by atomic mass is 10.2. The van der Waals surface area contributed by atoms with E-state index >= 15 is 0 Å². The molecule has 0 aromatic heterocycles. The Morgan fingerprint density at radius 3 is 1.64 bits per heavy atom. The molecule has 4 nitrogen and oxygen atoms in total. The minimum atomic E-state index is -3.89. The van der Waals surface area contributed by atoms with Gasteiger partial charge < -0.3 is 5.11 Å². The first kappa shape index (κ1) is 23.3. The van der Waals surface area contributed by atoms with Gasteiger partial charge in [0.05, 0.1) is 5.75 Å². The van der Waals surface area contributed by atoms with Crippen LogP contribution in [0, 0.1) is 0 Å². The van der Waals surface area contributed by atoms with E-state index in [1.165, 1.54) is 0 Å². The molecule has 0 amide bonds. The molecule has 0 aromatic carbocycles. The van der Waals surface area contributed by atoms with E-state index < -0.39 is 22.3 Å². The minimum absolute atomic E-state index is 0.0851. The highest BCUT2D eigenvalue weighted by Crippen LogP contribution is 2.06. The third-order valence-electron chi connectivity index (χ3n) is 2.32. The molecule has 0 heterocycles. The van der Waals surface area contributed by atoms with Crippen LogP contribution in [0.5, 0.6) is 0 Å². The van der Waals surface area contributed by atoms with Crippen molar-refractivity contribution < 1.29 is 35.6 Å². The molecule has 0 saturated heterocycles. The molecular weight excluding hydrogens is 328 g/mol. The van der Waals surface area contributed by atoms with E-state index in [2.05, 4.69) is 0 Å². The summed E-state index contributed by atoms with van der Waals surface area (Å²) in [4.78, 5) is 0. The average Bonchev–Trinajstić information content (AvgIpc) is 2.38. The van der Waals surface area contributed by atoms with Gasteiger partial charge in [-0.3, -0.25) is 4.55 Å². The Balaban J connectivity index is 0. The molecule has 0 saturated carbocycles. The second-order valence-electron chi connectivity index (χ2n) is 4.34. The van der Waals surface area contributed by atoms with Crippen molar-refractivity contribution in [2.45, 2.75) is 44.9 Å². The highest BCUT2D eigenvalue weighted by atomic mass is 32.2. The van der Waals surface area contributed by atoms with Gasteiger partial charge in [-0.15, -0.1) is 0 Å². The maximum Gasteiger partial charge on any atom is 0.266 e. The Kier molecular flexibility index (Phi) is 15.9. The number of unbranched alkanes of at least 4 members (excludes halogenated alkanes) is 5. The summed E-state index contributed by atoms with van der Waals surface area (Å²) in [6.45, 7) is 0.0851. The summed E-state index contributed by atoms with van der Waals surface area (Å²) in [5.41, 5.74) is 0. The lowest BCUT2D eigenvalue weighted by Crippen LogP contribution is -2.03. The molecule has 0 fully saturated rings. The van der Waals surface area contributed by atoms with E-state index in [1.807, 2.05) is 0 Å². The van der Waals surface area contributed by atoms with Crippen molar-refractivity contribution in [3.63, 3.8) is 0 Å². The van der Waals surface area contributed by atoms with E-state index in [1.54, 1.807) is 0 Å². The van der Waals surface area contributed by atoms with Crippen molar-refractivity contribution in [2.75, 3.05) is 12.4 Å². The van der Waals surface area contributed by atoms with E-state index in [9.17, 15) is 26.0 Å². The second kappa shape index (κ2) is 15.0. The number of aliphatic hydroxyl groups is 1. The minimum Gasteiger partial charge on any atom is -0.396 e. The summed E-state index contributed by atoms with van der Waals surface area (Å²) in [7, 11) is -3.89. The van der Waals surface area contributed by atoms with Gasteiger partial charge in [0.25, 0.3) is 22.3 Å². The SMILES string of the molecule is O=S(=O)(O)CCCCCC=C(F)F.OCCCCC=C(F)F. The summed E-state index contributed by atoms with van der Waals surface area (Å²) in [5.74, 6) is -0.297. The van der Waals surface area contributed by atoms with Crippen molar-refractivity contribution in [2.24, 2.45) is 0 Å². The van der Waals surface area contributed by atoms with Crippen LogP contribution in [0.15, 0.2) is 24.3 Å². The predicted molar refractivity (Wildman–Crippen MR) is 76.4 cm³/mol. The third-order valence-corrected chi connectivity index (χ3v) is 3.12. The molecule has 0 aromatic rings. The molecule has 0 unspecified atom stereocenters. The molecule has 0 bridgehead atoms. The molecule has 0 aliphatic carbocycles. The predicted octanol–water partition coefficient (Wildman–Crippen LogP) is 4.14. The van der Waals surface area contributed by atoms with Gasteiger partial charge in [-0.2, -0.15) is 26.0 Å². The molecule has 0 aliphatic heterocycles. The van der Waals surface area contributed by atoms with E-state index in [-0.39, 0.29) is 18.8 Å². The Labute approximate surface area is 128 Å². The van der Waals surface area contributed by atoms with E-state index in [0.717, 1.165) is 12.2 Å². The Hall–Kier alpha value is -0.930. The summed E-state index contributed by atoms with van der Waals surface area (Å²) < 4.78 is 74.1. The van der Waals surface area contributed by atoms with Crippen LogP contribution in [-0.2, 0) is 10.1 Å². The first-order chi connectivity index (χ1) is 10.2. The summed E-state index contributed by atoms with van der Waals surface area (Å²) in [6.07, 6.45) is 1.50. The largest absolute Gasteiger partial charge is 0.396 e. The molecule has 0 spiro atoms. The molecule has 0 aliphatic rings. The van der Waals surface area contributed by atoms with Crippen molar-refractivity contribution in [1.29, 1.82) is 0 Å². The zero-order valence-electron chi connectivity index (χ0n) is 12.1. The van der Waals surface area contributed by atoms with E-state index in [4.69, 9.17) is 9.66 Å². The molecular formula is C13H22F4O4S. The topological polar surface area (TPSA) is 74.6 Å². The highest BCUT2D eigenvalue weighted by Gasteiger charge is 2.02. The van der Waals surface area contributed by atoms with Crippen molar-refractivity contribution in [1.82, 2.24) is 0 Å². The fraction of sp³-hybridized carbons (Fsp3) is 0.692. The molecule has 22 heavy (non-hydrogen) atoms.